The molecule has 6 nitrogen and oxygen atoms in total. The zero-order valence-corrected chi connectivity index (χ0v) is 14.7. The van der Waals surface area contributed by atoms with Crippen LogP contribution in [0.25, 0.3) is 0 Å². The van der Waals surface area contributed by atoms with E-state index in [4.69, 9.17) is 4.74 Å². The number of alkyl halides is 3. The van der Waals surface area contributed by atoms with Crippen LogP contribution in [0, 0.1) is 0 Å². The van der Waals surface area contributed by atoms with E-state index in [2.05, 4.69) is 5.32 Å². The summed E-state index contributed by atoms with van der Waals surface area (Å²) in [6.07, 6.45) is -6.43. The first-order valence-corrected chi connectivity index (χ1v) is 8.13. The summed E-state index contributed by atoms with van der Waals surface area (Å²) in [4.78, 5) is 23.6. The number of methoxy groups -OCH3 is 1. The molecule has 0 radical (unpaired) electrons. The fourth-order valence-corrected chi connectivity index (χ4v) is 2.49. The third kappa shape index (κ3) is 5.46. The van der Waals surface area contributed by atoms with E-state index >= 15 is 0 Å². The summed E-state index contributed by atoms with van der Waals surface area (Å²) >= 11 is 0. The van der Waals surface area contributed by atoms with Crippen LogP contribution >= 0.6 is 0 Å². The minimum atomic E-state index is -4.54. The van der Waals surface area contributed by atoms with E-state index in [0.717, 1.165) is 24.3 Å². The van der Waals surface area contributed by atoms with Gasteiger partial charge in [0.05, 0.1) is 12.7 Å². The highest BCUT2D eigenvalue weighted by Crippen LogP contribution is 2.30. The number of rotatable bonds is 7. The molecule has 0 bridgehead atoms. The van der Waals surface area contributed by atoms with E-state index in [1.807, 2.05) is 0 Å². The van der Waals surface area contributed by atoms with Crippen LogP contribution in [0.1, 0.15) is 22.8 Å². The van der Waals surface area contributed by atoms with Gasteiger partial charge in [-0.2, -0.15) is 13.2 Å². The standard InChI is InChI=1S/C19H18F3NO5/c1-28-14-4-2-3-11(9-14)10-15(18(26)27)23-17(25)16(24)12-5-7-13(8-6-12)19(20,21)22/h2-9,15-16,24H,10H2,1H3,(H,23,25)(H,26,27)/t15-,16-/m1/s1. The van der Waals surface area contributed by atoms with Crippen LogP contribution in [-0.4, -0.2) is 35.2 Å². The van der Waals surface area contributed by atoms with Gasteiger partial charge in [-0.25, -0.2) is 4.79 Å². The van der Waals surface area contributed by atoms with Gasteiger partial charge in [0.2, 0.25) is 0 Å². The Balaban J connectivity index is 2.09. The number of aliphatic carboxylic acids is 1. The summed E-state index contributed by atoms with van der Waals surface area (Å²) < 4.78 is 42.8. The van der Waals surface area contributed by atoms with Crippen LogP contribution in [0.2, 0.25) is 0 Å². The quantitative estimate of drug-likeness (QED) is 0.668. The van der Waals surface area contributed by atoms with Crippen LogP contribution in [-0.2, 0) is 22.2 Å². The fraction of sp³-hybridized carbons (Fsp3) is 0.263. The van der Waals surface area contributed by atoms with E-state index < -0.39 is 35.8 Å². The van der Waals surface area contributed by atoms with Crippen molar-refractivity contribution in [1.82, 2.24) is 5.32 Å². The number of hydrogen-bond acceptors (Lipinski definition) is 4. The van der Waals surface area contributed by atoms with E-state index in [-0.39, 0.29) is 12.0 Å². The Labute approximate surface area is 158 Å². The molecule has 150 valence electrons. The SMILES string of the molecule is COc1cccc(C[C@@H](NC(=O)[C@H](O)c2ccc(C(F)(F)F)cc2)C(=O)O)c1. The molecule has 0 aliphatic rings. The highest BCUT2D eigenvalue weighted by Gasteiger charge is 2.31. The average Bonchev–Trinajstić information content (AvgIpc) is 2.66. The Hall–Kier alpha value is -3.07. The van der Waals surface area contributed by atoms with Crippen molar-refractivity contribution in [2.75, 3.05) is 7.11 Å². The molecule has 28 heavy (non-hydrogen) atoms. The molecular formula is C19H18F3NO5. The van der Waals surface area contributed by atoms with Gasteiger partial charge < -0.3 is 20.3 Å². The molecule has 2 aromatic rings. The number of hydrogen-bond donors (Lipinski definition) is 3. The monoisotopic (exact) mass is 397 g/mol. The number of carboxylic acids is 1. The van der Waals surface area contributed by atoms with Crippen molar-refractivity contribution in [3.05, 3.63) is 65.2 Å². The molecule has 0 aliphatic heterocycles. The minimum Gasteiger partial charge on any atom is -0.497 e. The molecule has 0 unspecified atom stereocenters. The number of nitrogens with one attached hydrogen (secondary N) is 1. The van der Waals surface area contributed by atoms with E-state index in [1.54, 1.807) is 24.3 Å². The molecular weight excluding hydrogens is 379 g/mol. The summed E-state index contributed by atoms with van der Waals surface area (Å²) in [5.41, 5.74) is -0.433. The summed E-state index contributed by atoms with van der Waals surface area (Å²) in [5, 5.41) is 21.6. The van der Waals surface area contributed by atoms with Gasteiger partial charge in [0.15, 0.2) is 6.10 Å². The van der Waals surface area contributed by atoms with E-state index in [9.17, 15) is 33.0 Å². The number of carbonyl (C=O) groups is 2. The molecule has 0 saturated carbocycles. The number of carboxylic acid groups (broad SMARTS) is 1. The molecule has 0 aliphatic carbocycles. The average molecular weight is 397 g/mol. The zero-order chi connectivity index (χ0) is 20.9. The second-order valence-corrected chi connectivity index (χ2v) is 5.98. The van der Waals surface area contributed by atoms with Crippen LogP contribution < -0.4 is 10.1 Å². The Bertz CT molecular complexity index is 836. The maximum Gasteiger partial charge on any atom is 0.416 e. The van der Waals surface area contributed by atoms with Crippen LogP contribution in [0.3, 0.4) is 0 Å². The molecule has 9 heteroatoms. The normalized spacial score (nSPS) is 13.5. The second-order valence-electron chi connectivity index (χ2n) is 5.98. The van der Waals surface area contributed by atoms with Crippen molar-refractivity contribution in [3.63, 3.8) is 0 Å². The first-order valence-electron chi connectivity index (χ1n) is 8.13. The molecule has 2 atom stereocenters. The van der Waals surface area contributed by atoms with E-state index in [0.29, 0.717) is 11.3 Å². The Morgan fingerprint density at radius 3 is 2.32 bits per heavy atom. The van der Waals surface area contributed by atoms with Crippen LogP contribution in [0.4, 0.5) is 13.2 Å². The van der Waals surface area contributed by atoms with Crippen molar-refractivity contribution in [3.8, 4) is 5.75 Å². The van der Waals surface area contributed by atoms with Gasteiger partial charge in [-0.1, -0.05) is 24.3 Å². The lowest BCUT2D eigenvalue weighted by Crippen LogP contribution is -2.44. The van der Waals surface area contributed by atoms with Crippen molar-refractivity contribution in [1.29, 1.82) is 0 Å². The molecule has 0 heterocycles. The Morgan fingerprint density at radius 1 is 1.14 bits per heavy atom. The number of aliphatic hydroxyl groups excluding tert-OH is 1. The van der Waals surface area contributed by atoms with Crippen molar-refractivity contribution < 1.29 is 37.7 Å². The van der Waals surface area contributed by atoms with Gasteiger partial charge in [0.1, 0.15) is 11.8 Å². The van der Waals surface area contributed by atoms with E-state index in [1.165, 1.54) is 7.11 Å². The number of carbonyl (C=O) groups excluding carboxylic acids is 1. The van der Waals surface area contributed by atoms with Crippen molar-refractivity contribution in [2.45, 2.75) is 24.7 Å². The molecule has 0 fully saturated rings. The van der Waals surface area contributed by atoms with Crippen LogP contribution in [0.5, 0.6) is 5.75 Å². The smallest absolute Gasteiger partial charge is 0.416 e. The molecule has 0 saturated heterocycles. The van der Waals surface area contributed by atoms with Gasteiger partial charge in [-0.3, -0.25) is 4.79 Å². The number of halogens is 3. The highest BCUT2D eigenvalue weighted by molar-refractivity contribution is 5.87. The summed E-state index contributed by atoms with van der Waals surface area (Å²) in [6.45, 7) is 0. The topological polar surface area (TPSA) is 95.9 Å². The highest BCUT2D eigenvalue weighted by atomic mass is 19.4. The predicted octanol–water partition coefficient (Wildman–Crippen LogP) is 2.56. The van der Waals surface area contributed by atoms with Gasteiger partial charge in [-0.05, 0) is 35.4 Å². The minimum absolute atomic E-state index is 0.0714. The van der Waals surface area contributed by atoms with Crippen LogP contribution in [0.15, 0.2) is 48.5 Å². The first kappa shape index (κ1) is 21.2. The van der Waals surface area contributed by atoms with Crippen molar-refractivity contribution in [2.24, 2.45) is 0 Å². The summed E-state index contributed by atoms with van der Waals surface area (Å²) in [6, 6.07) is 8.64. The summed E-state index contributed by atoms with van der Waals surface area (Å²) in [5.74, 6) is -1.84. The lowest BCUT2D eigenvalue weighted by atomic mass is 10.0. The maximum absolute atomic E-state index is 12.6. The molecule has 0 aromatic heterocycles. The van der Waals surface area contributed by atoms with Gasteiger partial charge >= 0.3 is 12.1 Å². The lowest BCUT2D eigenvalue weighted by molar-refractivity contribution is -0.143. The number of ether oxygens (including phenoxy) is 1. The molecule has 0 spiro atoms. The Morgan fingerprint density at radius 2 is 1.79 bits per heavy atom. The third-order valence-electron chi connectivity index (χ3n) is 3.99. The maximum atomic E-state index is 12.6. The number of amides is 1. The van der Waals surface area contributed by atoms with Gasteiger partial charge in [0, 0.05) is 6.42 Å². The first-order chi connectivity index (χ1) is 13.1. The van der Waals surface area contributed by atoms with Crippen molar-refractivity contribution >= 4 is 11.9 Å². The second kappa shape index (κ2) is 8.75. The summed E-state index contributed by atoms with van der Waals surface area (Å²) in [7, 11) is 1.45. The zero-order valence-electron chi connectivity index (χ0n) is 14.7. The molecule has 3 N–H and O–H groups in total. The largest absolute Gasteiger partial charge is 0.497 e. The molecule has 2 aromatic carbocycles. The Kier molecular flexibility index (Phi) is 6.63. The molecule has 2 rings (SSSR count). The number of benzene rings is 2. The van der Waals surface area contributed by atoms with Gasteiger partial charge in [0.25, 0.3) is 5.91 Å². The predicted molar refractivity (Wildman–Crippen MR) is 92.7 cm³/mol. The lowest BCUT2D eigenvalue weighted by Gasteiger charge is -2.18. The third-order valence-corrected chi connectivity index (χ3v) is 3.99. The number of aliphatic hydroxyl groups is 1. The fourth-order valence-electron chi connectivity index (χ4n) is 2.49. The molecule has 1 amide bonds. The van der Waals surface area contributed by atoms with Gasteiger partial charge in [-0.15, -0.1) is 0 Å².